The highest BCUT2D eigenvalue weighted by molar-refractivity contribution is 5.92. The van der Waals surface area contributed by atoms with E-state index in [1.165, 1.54) is 0 Å². The molecule has 1 amide bonds. The highest BCUT2D eigenvalue weighted by Crippen LogP contribution is 2.05. The number of rotatable bonds is 7. The first-order chi connectivity index (χ1) is 8.31. The number of primary amides is 1. The highest BCUT2D eigenvalue weighted by Gasteiger charge is 2.23. The zero-order valence-corrected chi connectivity index (χ0v) is 11.2. The topological polar surface area (TPSA) is 118 Å². The van der Waals surface area contributed by atoms with E-state index in [1.807, 2.05) is 13.8 Å². The number of carboxylic acids is 2. The van der Waals surface area contributed by atoms with Crippen molar-refractivity contribution >= 4 is 17.8 Å². The molecule has 0 heterocycles. The van der Waals surface area contributed by atoms with Gasteiger partial charge < -0.3 is 15.9 Å². The third kappa shape index (κ3) is 8.55. The lowest BCUT2D eigenvalue weighted by atomic mass is 10.0. The van der Waals surface area contributed by atoms with Gasteiger partial charge in [0.25, 0.3) is 0 Å². The summed E-state index contributed by atoms with van der Waals surface area (Å²) in [6.45, 7) is 5.69. The minimum absolute atomic E-state index is 0.0926. The second-order valence-electron chi connectivity index (χ2n) is 3.93. The van der Waals surface area contributed by atoms with Crippen molar-refractivity contribution in [3.63, 3.8) is 0 Å². The van der Waals surface area contributed by atoms with Crippen molar-refractivity contribution in [2.24, 2.45) is 17.6 Å². The van der Waals surface area contributed by atoms with Gasteiger partial charge in [0.05, 0.1) is 0 Å². The molecule has 0 aliphatic carbocycles. The van der Waals surface area contributed by atoms with Crippen molar-refractivity contribution in [2.75, 3.05) is 0 Å². The third-order valence-corrected chi connectivity index (χ3v) is 2.56. The van der Waals surface area contributed by atoms with Crippen LogP contribution in [0.3, 0.4) is 0 Å². The lowest BCUT2D eigenvalue weighted by molar-refractivity contribution is -0.154. The van der Waals surface area contributed by atoms with Crippen molar-refractivity contribution in [1.29, 1.82) is 0 Å². The van der Waals surface area contributed by atoms with Crippen LogP contribution in [-0.4, -0.2) is 28.1 Å². The van der Waals surface area contributed by atoms with E-state index in [4.69, 9.17) is 15.9 Å². The second-order valence-corrected chi connectivity index (χ2v) is 3.93. The fourth-order valence-electron chi connectivity index (χ4n) is 1.33. The van der Waals surface area contributed by atoms with Crippen LogP contribution in [0.4, 0.5) is 0 Å². The number of hydrogen-bond acceptors (Lipinski definition) is 3. The predicted octanol–water partition coefficient (Wildman–Crippen LogP) is 1.48. The molecule has 4 N–H and O–H groups in total. The molecule has 0 bridgehead atoms. The number of amides is 1. The molecule has 0 saturated heterocycles. The van der Waals surface area contributed by atoms with Crippen LogP contribution >= 0.6 is 0 Å². The molecule has 6 heteroatoms. The Morgan fingerprint density at radius 3 is 1.44 bits per heavy atom. The summed E-state index contributed by atoms with van der Waals surface area (Å²) < 4.78 is 0. The maximum absolute atomic E-state index is 10.4. The molecule has 0 saturated carbocycles. The number of carbonyl (C=O) groups is 3. The average molecular weight is 261 g/mol. The first kappa shape index (κ1) is 18.8. The monoisotopic (exact) mass is 261 g/mol. The first-order valence-electron chi connectivity index (χ1n) is 6.06. The number of carboxylic acid groups (broad SMARTS) is 2. The standard InChI is InChI=1S/C6H13NO.C6H10O4/c1-3-5(4-2)6(7)8;1-2-3-4(5(7)8)6(9)10/h5H,3-4H2,1-2H3,(H2,7,8);4H,2-3H2,1H3,(H,7,8)(H,9,10). The van der Waals surface area contributed by atoms with Crippen LogP contribution in [-0.2, 0) is 14.4 Å². The molecule has 0 aliphatic rings. The van der Waals surface area contributed by atoms with Crippen LogP contribution in [0.25, 0.3) is 0 Å². The van der Waals surface area contributed by atoms with Crippen LogP contribution in [0.15, 0.2) is 0 Å². The minimum Gasteiger partial charge on any atom is -0.481 e. The zero-order valence-electron chi connectivity index (χ0n) is 11.2. The zero-order chi connectivity index (χ0) is 14.7. The number of nitrogens with two attached hydrogens (primary N) is 1. The van der Waals surface area contributed by atoms with Gasteiger partial charge in [0.1, 0.15) is 0 Å². The maximum Gasteiger partial charge on any atom is 0.317 e. The van der Waals surface area contributed by atoms with E-state index >= 15 is 0 Å². The van der Waals surface area contributed by atoms with Gasteiger partial charge in [-0.25, -0.2) is 0 Å². The summed E-state index contributed by atoms with van der Waals surface area (Å²) in [6.07, 6.45) is 2.51. The molecule has 0 aromatic rings. The van der Waals surface area contributed by atoms with Crippen LogP contribution in [0.1, 0.15) is 46.5 Å². The van der Waals surface area contributed by atoms with Crippen LogP contribution in [0, 0.1) is 11.8 Å². The third-order valence-electron chi connectivity index (χ3n) is 2.56. The lowest BCUT2D eigenvalue weighted by Crippen LogP contribution is -2.22. The Hall–Kier alpha value is -1.59. The van der Waals surface area contributed by atoms with E-state index in [0.29, 0.717) is 6.42 Å². The Balaban J connectivity index is 0. The molecule has 18 heavy (non-hydrogen) atoms. The first-order valence-corrected chi connectivity index (χ1v) is 6.06. The highest BCUT2D eigenvalue weighted by atomic mass is 16.4. The molecule has 0 rings (SSSR count). The molecule has 0 radical (unpaired) electrons. The van der Waals surface area contributed by atoms with Gasteiger partial charge in [-0.3, -0.25) is 14.4 Å². The van der Waals surface area contributed by atoms with Gasteiger partial charge in [0.2, 0.25) is 5.91 Å². The summed E-state index contributed by atoms with van der Waals surface area (Å²) in [4.78, 5) is 30.7. The molecular weight excluding hydrogens is 238 g/mol. The quantitative estimate of drug-likeness (QED) is 0.600. The lowest BCUT2D eigenvalue weighted by Gasteiger charge is -2.04. The summed E-state index contributed by atoms with van der Waals surface area (Å²) in [7, 11) is 0. The van der Waals surface area contributed by atoms with Crippen molar-refractivity contribution in [1.82, 2.24) is 0 Å². The molecule has 0 atom stereocenters. The number of carbonyl (C=O) groups excluding carboxylic acids is 1. The Labute approximate surface area is 107 Å². The molecule has 6 nitrogen and oxygen atoms in total. The Morgan fingerprint density at radius 2 is 1.39 bits per heavy atom. The molecule has 0 aromatic carbocycles. The van der Waals surface area contributed by atoms with Crippen LogP contribution in [0.5, 0.6) is 0 Å². The second kappa shape index (κ2) is 10.6. The molecule has 0 fully saturated rings. The SMILES string of the molecule is CCC(CC)C(N)=O.CCCC(C(=O)O)C(=O)O. The van der Waals surface area contributed by atoms with Crippen molar-refractivity contribution in [3.05, 3.63) is 0 Å². The average Bonchev–Trinajstić information content (AvgIpc) is 2.27. The van der Waals surface area contributed by atoms with E-state index in [-0.39, 0.29) is 18.2 Å². The Kier molecular flexibility index (Phi) is 11.0. The Morgan fingerprint density at radius 1 is 1.00 bits per heavy atom. The van der Waals surface area contributed by atoms with E-state index in [2.05, 4.69) is 0 Å². The van der Waals surface area contributed by atoms with Crippen LogP contribution in [0.2, 0.25) is 0 Å². The van der Waals surface area contributed by atoms with Crippen LogP contribution < -0.4 is 5.73 Å². The molecular formula is C12H23NO5. The van der Waals surface area contributed by atoms with Gasteiger partial charge in [-0.1, -0.05) is 27.2 Å². The summed E-state index contributed by atoms with van der Waals surface area (Å²) in [5.74, 6) is -3.82. The van der Waals surface area contributed by atoms with Gasteiger partial charge in [0.15, 0.2) is 5.92 Å². The molecule has 0 aliphatic heterocycles. The largest absolute Gasteiger partial charge is 0.481 e. The van der Waals surface area contributed by atoms with Crippen molar-refractivity contribution < 1.29 is 24.6 Å². The van der Waals surface area contributed by atoms with E-state index < -0.39 is 17.9 Å². The summed E-state index contributed by atoms with van der Waals surface area (Å²) >= 11 is 0. The predicted molar refractivity (Wildman–Crippen MR) is 66.9 cm³/mol. The number of aliphatic carboxylic acids is 2. The summed E-state index contributed by atoms with van der Waals surface area (Å²) in [5.41, 5.74) is 5.02. The van der Waals surface area contributed by atoms with Crippen molar-refractivity contribution in [2.45, 2.75) is 46.5 Å². The molecule has 106 valence electrons. The van der Waals surface area contributed by atoms with E-state index in [9.17, 15) is 14.4 Å². The van der Waals surface area contributed by atoms with Gasteiger partial charge in [0, 0.05) is 5.92 Å². The fraction of sp³-hybridized carbons (Fsp3) is 0.750. The normalized spacial score (nSPS) is 9.83. The minimum atomic E-state index is -1.26. The van der Waals surface area contributed by atoms with Gasteiger partial charge in [-0.15, -0.1) is 0 Å². The molecule has 0 aromatic heterocycles. The van der Waals surface area contributed by atoms with Gasteiger partial charge >= 0.3 is 11.9 Å². The molecule has 0 unspecified atom stereocenters. The fourth-order valence-corrected chi connectivity index (χ4v) is 1.33. The number of hydrogen-bond donors (Lipinski definition) is 3. The maximum atomic E-state index is 10.4. The van der Waals surface area contributed by atoms with Crippen molar-refractivity contribution in [3.8, 4) is 0 Å². The van der Waals surface area contributed by atoms with Gasteiger partial charge in [-0.05, 0) is 19.3 Å². The van der Waals surface area contributed by atoms with Gasteiger partial charge in [-0.2, -0.15) is 0 Å². The molecule has 0 spiro atoms. The summed E-state index contributed by atoms with van der Waals surface area (Å²) in [5, 5.41) is 16.6. The van der Waals surface area contributed by atoms with E-state index in [0.717, 1.165) is 12.8 Å². The summed E-state index contributed by atoms with van der Waals surface area (Å²) in [6, 6.07) is 0. The Bertz CT molecular complexity index is 260. The smallest absolute Gasteiger partial charge is 0.317 e. The van der Waals surface area contributed by atoms with E-state index in [1.54, 1.807) is 6.92 Å².